The summed E-state index contributed by atoms with van der Waals surface area (Å²) in [7, 11) is 0. The van der Waals surface area contributed by atoms with Gasteiger partial charge in [-0.25, -0.2) is 0 Å². The molecule has 3 nitrogen and oxygen atoms in total. The molecular weight excluding hydrogens is 234 g/mol. The predicted molar refractivity (Wildman–Crippen MR) is 86.6 cm³/mol. The first-order valence-corrected chi connectivity index (χ1v) is 8.12. The van der Waals surface area contributed by atoms with Crippen molar-refractivity contribution in [3.63, 3.8) is 0 Å². The summed E-state index contributed by atoms with van der Waals surface area (Å²) in [6, 6.07) is 0.203. The van der Waals surface area contributed by atoms with Crippen LogP contribution >= 0.6 is 0 Å². The Morgan fingerprint density at radius 3 is 1.74 bits per heavy atom. The average molecular weight is 271 g/mol. The highest BCUT2D eigenvalue weighted by Gasteiger charge is 2.47. The van der Waals surface area contributed by atoms with Crippen LogP contribution in [-0.2, 0) is 0 Å². The lowest BCUT2D eigenvalue weighted by Crippen LogP contribution is -2.69. The molecule has 0 saturated heterocycles. The second kappa shape index (κ2) is 8.23. The van der Waals surface area contributed by atoms with Crippen molar-refractivity contribution in [3.8, 4) is 0 Å². The third-order valence-corrected chi connectivity index (χ3v) is 5.09. The van der Waals surface area contributed by atoms with E-state index in [-0.39, 0.29) is 17.1 Å². The molecule has 0 amide bonds. The van der Waals surface area contributed by atoms with Gasteiger partial charge in [-0.2, -0.15) is 0 Å². The summed E-state index contributed by atoms with van der Waals surface area (Å²) in [6.07, 6.45) is 3.46. The standard InChI is InChI=1S/C16H37N3/c1-8-15(7,18-13-14(6)17)16(9-2,10-3)19(11-4)12-5/h14,18H,8-13,17H2,1-7H3. The van der Waals surface area contributed by atoms with Crippen LogP contribution in [-0.4, -0.2) is 41.7 Å². The van der Waals surface area contributed by atoms with Crippen molar-refractivity contribution in [3.05, 3.63) is 0 Å². The lowest BCUT2D eigenvalue weighted by molar-refractivity contribution is -0.00211. The minimum atomic E-state index is 0.107. The fraction of sp³-hybridized carbons (Fsp3) is 1.00. The number of hydrogen-bond acceptors (Lipinski definition) is 3. The number of rotatable bonds is 10. The summed E-state index contributed by atoms with van der Waals surface area (Å²) < 4.78 is 0. The molecule has 2 atom stereocenters. The molecule has 2 unspecified atom stereocenters. The Morgan fingerprint density at radius 1 is 1.00 bits per heavy atom. The van der Waals surface area contributed by atoms with Gasteiger partial charge in [0.15, 0.2) is 0 Å². The molecule has 0 aliphatic carbocycles. The zero-order valence-corrected chi connectivity index (χ0v) is 14.3. The van der Waals surface area contributed by atoms with Crippen LogP contribution < -0.4 is 11.1 Å². The van der Waals surface area contributed by atoms with E-state index < -0.39 is 0 Å². The van der Waals surface area contributed by atoms with Gasteiger partial charge in [0.05, 0.1) is 0 Å². The number of likely N-dealkylation sites (N-methyl/N-ethyl adjacent to an activating group) is 1. The fourth-order valence-electron chi connectivity index (χ4n) is 3.66. The van der Waals surface area contributed by atoms with E-state index in [0.717, 1.165) is 26.1 Å². The molecule has 0 aromatic heterocycles. The lowest BCUT2D eigenvalue weighted by Gasteiger charge is -2.55. The highest BCUT2D eigenvalue weighted by molar-refractivity contribution is 5.07. The van der Waals surface area contributed by atoms with Gasteiger partial charge in [0.25, 0.3) is 0 Å². The Hall–Kier alpha value is -0.120. The van der Waals surface area contributed by atoms with Crippen molar-refractivity contribution in [2.45, 2.75) is 84.8 Å². The minimum absolute atomic E-state index is 0.107. The van der Waals surface area contributed by atoms with Gasteiger partial charge < -0.3 is 11.1 Å². The molecule has 0 aliphatic heterocycles. The second-order valence-electron chi connectivity index (χ2n) is 5.95. The van der Waals surface area contributed by atoms with E-state index in [9.17, 15) is 0 Å². The summed E-state index contributed by atoms with van der Waals surface area (Å²) in [5, 5.41) is 3.77. The molecule has 0 aromatic carbocycles. The molecular formula is C16H37N3. The van der Waals surface area contributed by atoms with Crippen molar-refractivity contribution >= 4 is 0 Å². The minimum Gasteiger partial charge on any atom is -0.327 e. The van der Waals surface area contributed by atoms with Crippen LogP contribution in [0.4, 0.5) is 0 Å². The molecule has 0 fully saturated rings. The van der Waals surface area contributed by atoms with Gasteiger partial charge in [-0.1, -0.05) is 34.6 Å². The molecule has 0 rings (SSSR count). The van der Waals surface area contributed by atoms with Gasteiger partial charge in [0, 0.05) is 23.7 Å². The second-order valence-corrected chi connectivity index (χ2v) is 5.95. The van der Waals surface area contributed by atoms with E-state index in [1.807, 2.05) is 0 Å². The number of nitrogens with zero attached hydrogens (tertiary/aromatic N) is 1. The Labute approximate surface area is 121 Å². The number of hydrogen-bond donors (Lipinski definition) is 2. The van der Waals surface area contributed by atoms with E-state index in [4.69, 9.17) is 5.73 Å². The van der Waals surface area contributed by atoms with Crippen molar-refractivity contribution in [1.82, 2.24) is 10.2 Å². The van der Waals surface area contributed by atoms with Crippen molar-refractivity contribution in [1.29, 1.82) is 0 Å². The molecule has 3 N–H and O–H groups in total. The Bertz CT molecular complexity index is 232. The van der Waals surface area contributed by atoms with Crippen LogP contribution in [0.1, 0.15) is 67.7 Å². The fourth-order valence-corrected chi connectivity index (χ4v) is 3.66. The molecule has 0 spiro atoms. The smallest absolute Gasteiger partial charge is 0.0382 e. The SMILES string of the molecule is CCN(CC)C(CC)(CC)C(C)(CC)NCC(C)N. The van der Waals surface area contributed by atoms with E-state index in [0.29, 0.717) is 0 Å². The molecule has 0 bridgehead atoms. The van der Waals surface area contributed by atoms with E-state index in [1.54, 1.807) is 0 Å². The number of nitrogens with one attached hydrogen (secondary N) is 1. The topological polar surface area (TPSA) is 41.3 Å². The van der Waals surface area contributed by atoms with Crippen molar-refractivity contribution in [2.24, 2.45) is 5.73 Å². The molecule has 0 aliphatic rings. The van der Waals surface area contributed by atoms with Crippen LogP contribution in [0.2, 0.25) is 0 Å². The molecule has 0 saturated carbocycles. The quantitative estimate of drug-likeness (QED) is 0.642. The molecule has 0 heterocycles. The van der Waals surface area contributed by atoms with Gasteiger partial charge >= 0.3 is 0 Å². The summed E-state index contributed by atoms with van der Waals surface area (Å²) in [4.78, 5) is 2.63. The van der Waals surface area contributed by atoms with Crippen LogP contribution in [0.3, 0.4) is 0 Å². The van der Waals surface area contributed by atoms with Gasteiger partial charge in [0.2, 0.25) is 0 Å². The maximum absolute atomic E-state index is 5.95. The van der Waals surface area contributed by atoms with Gasteiger partial charge in [-0.3, -0.25) is 4.90 Å². The van der Waals surface area contributed by atoms with Gasteiger partial charge in [-0.15, -0.1) is 0 Å². The maximum Gasteiger partial charge on any atom is 0.0382 e. The highest BCUT2D eigenvalue weighted by Crippen LogP contribution is 2.37. The Morgan fingerprint density at radius 2 is 1.47 bits per heavy atom. The monoisotopic (exact) mass is 271 g/mol. The van der Waals surface area contributed by atoms with Gasteiger partial charge in [0.1, 0.15) is 0 Å². The van der Waals surface area contributed by atoms with Crippen LogP contribution in [0.15, 0.2) is 0 Å². The third-order valence-electron chi connectivity index (χ3n) is 5.09. The summed E-state index contributed by atoms with van der Waals surface area (Å²) >= 11 is 0. The van der Waals surface area contributed by atoms with E-state index in [2.05, 4.69) is 58.7 Å². The maximum atomic E-state index is 5.95. The first-order valence-electron chi connectivity index (χ1n) is 8.12. The van der Waals surface area contributed by atoms with E-state index >= 15 is 0 Å². The summed E-state index contributed by atoms with van der Waals surface area (Å²) in [6.45, 7) is 19.0. The van der Waals surface area contributed by atoms with E-state index in [1.165, 1.54) is 12.8 Å². The normalized spacial score (nSPS) is 17.5. The summed E-state index contributed by atoms with van der Waals surface area (Å²) in [5.74, 6) is 0. The Kier molecular flexibility index (Phi) is 8.18. The first kappa shape index (κ1) is 18.9. The summed E-state index contributed by atoms with van der Waals surface area (Å²) in [5.41, 5.74) is 6.26. The number of nitrogens with two attached hydrogens (primary N) is 1. The molecule has 116 valence electrons. The Balaban J connectivity index is 5.39. The first-order chi connectivity index (χ1) is 8.87. The lowest BCUT2D eigenvalue weighted by atomic mass is 9.70. The van der Waals surface area contributed by atoms with Crippen LogP contribution in [0.5, 0.6) is 0 Å². The van der Waals surface area contributed by atoms with Crippen LogP contribution in [0, 0.1) is 0 Å². The molecule has 19 heavy (non-hydrogen) atoms. The van der Waals surface area contributed by atoms with Gasteiger partial charge in [-0.05, 0) is 46.2 Å². The average Bonchev–Trinajstić information content (AvgIpc) is 2.42. The zero-order valence-electron chi connectivity index (χ0n) is 14.3. The molecule has 0 radical (unpaired) electrons. The zero-order chi connectivity index (χ0) is 15.1. The predicted octanol–water partition coefficient (Wildman–Crippen LogP) is 2.99. The van der Waals surface area contributed by atoms with Crippen molar-refractivity contribution in [2.75, 3.05) is 19.6 Å². The highest BCUT2D eigenvalue weighted by atomic mass is 15.2. The molecule has 0 aromatic rings. The third kappa shape index (κ3) is 3.93. The molecule has 3 heteroatoms. The largest absolute Gasteiger partial charge is 0.327 e. The van der Waals surface area contributed by atoms with Crippen molar-refractivity contribution < 1.29 is 0 Å². The van der Waals surface area contributed by atoms with Crippen LogP contribution in [0.25, 0.3) is 0 Å².